The van der Waals surface area contributed by atoms with Gasteiger partial charge in [-0.3, -0.25) is 4.90 Å². The molecule has 1 unspecified atom stereocenters. The summed E-state index contributed by atoms with van der Waals surface area (Å²) in [7, 11) is 0. The Bertz CT molecular complexity index is 958. The van der Waals surface area contributed by atoms with E-state index in [4.69, 9.17) is 9.51 Å². The van der Waals surface area contributed by atoms with Crippen molar-refractivity contribution in [2.24, 2.45) is 0 Å². The number of aromatic nitrogens is 4. The Morgan fingerprint density at radius 1 is 1.11 bits per heavy atom. The fourth-order valence-electron chi connectivity index (χ4n) is 4.27. The van der Waals surface area contributed by atoms with E-state index in [1.54, 1.807) is 6.33 Å². The van der Waals surface area contributed by atoms with Gasteiger partial charge < -0.3 is 9.42 Å². The van der Waals surface area contributed by atoms with Crippen LogP contribution in [0.5, 0.6) is 0 Å². The van der Waals surface area contributed by atoms with Crippen molar-refractivity contribution in [3.8, 4) is 0 Å². The third kappa shape index (κ3) is 3.00. The van der Waals surface area contributed by atoms with Gasteiger partial charge in [-0.05, 0) is 45.1 Å². The molecule has 0 amide bonds. The maximum absolute atomic E-state index is 5.36. The first-order valence-electron chi connectivity index (χ1n) is 9.75. The lowest BCUT2D eigenvalue weighted by Gasteiger charge is -2.37. The van der Waals surface area contributed by atoms with Gasteiger partial charge in [0.1, 0.15) is 17.0 Å². The quantitative estimate of drug-likeness (QED) is 0.687. The lowest BCUT2D eigenvalue weighted by molar-refractivity contribution is 0.164. The molecule has 4 heterocycles. The molecule has 1 aliphatic carbocycles. The first-order chi connectivity index (χ1) is 13.2. The largest absolute Gasteiger partial charge is 0.353 e. The minimum absolute atomic E-state index is 0.146. The first kappa shape index (κ1) is 17.1. The Morgan fingerprint density at radius 3 is 2.70 bits per heavy atom. The van der Waals surface area contributed by atoms with Crippen LogP contribution in [0.25, 0.3) is 10.2 Å². The van der Waals surface area contributed by atoms with Gasteiger partial charge in [0.15, 0.2) is 5.82 Å². The van der Waals surface area contributed by atoms with Gasteiger partial charge in [-0.25, -0.2) is 9.97 Å². The van der Waals surface area contributed by atoms with Crippen molar-refractivity contribution in [2.75, 3.05) is 31.1 Å². The monoisotopic (exact) mass is 384 g/mol. The highest BCUT2D eigenvalue weighted by Gasteiger charge is 2.28. The van der Waals surface area contributed by atoms with Crippen LogP contribution in [0, 0.1) is 6.92 Å². The molecule has 7 nitrogen and oxygen atoms in total. The van der Waals surface area contributed by atoms with Crippen LogP contribution >= 0.6 is 11.3 Å². The molecule has 8 heteroatoms. The molecule has 0 saturated carbocycles. The number of nitrogens with zero attached hydrogens (tertiary/aromatic N) is 6. The third-order valence-electron chi connectivity index (χ3n) is 5.79. The standard InChI is InChI=1S/C19H24N6OS/c1-12(18-22-13(2)23-26-18)24-7-9-25(10-8-24)17-16-14-5-3-4-6-15(14)27-19(16)21-11-20-17/h11-12H,3-10H2,1-2H3. The predicted octanol–water partition coefficient (Wildman–Crippen LogP) is 3.14. The van der Waals surface area contributed by atoms with Crippen LogP contribution in [0.4, 0.5) is 5.82 Å². The van der Waals surface area contributed by atoms with Crippen LogP contribution in [0.15, 0.2) is 10.9 Å². The summed E-state index contributed by atoms with van der Waals surface area (Å²) in [5.41, 5.74) is 1.51. The number of piperazine rings is 1. The number of rotatable bonds is 3. The van der Waals surface area contributed by atoms with Crippen molar-refractivity contribution in [1.29, 1.82) is 0 Å². The lowest BCUT2D eigenvalue weighted by atomic mass is 9.97. The molecule has 1 saturated heterocycles. The summed E-state index contributed by atoms with van der Waals surface area (Å²) < 4.78 is 5.36. The number of thiophene rings is 1. The first-order valence-corrected chi connectivity index (χ1v) is 10.6. The van der Waals surface area contributed by atoms with E-state index in [0.717, 1.165) is 36.8 Å². The van der Waals surface area contributed by atoms with Gasteiger partial charge in [-0.1, -0.05) is 5.16 Å². The van der Waals surface area contributed by atoms with Crippen LogP contribution < -0.4 is 4.90 Å². The van der Waals surface area contributed by atoms with Gasteiger partial charge in [0.25, 0.3) is 0 Å². The maximum atomic E-state index is 5.36. The Kier molecular flexibility index (Phi) is 4.32. The molecule has 0 bridgehead atoms. The molecular weight excluding hydrogens is 360 g/mol. The van der Waals surface area contributed by atoms with E-state index in [-0.39, 0.29) is 6.04 Å². The zero-order valence-corrected chi connectivity index (χ0v) is 16.6. The van der Waals surface area contributed by atoms with Crippen molar-refractivity contribution in [1.82, 2.24) is 25.0 Å². The SMILES string of the molecule is Cc1noc(C(C)N2CCN(c3ncnc4sc5c(c34)CCCC5)CC2)n1. The smallest absolute Gasteiger partial charge is 0.243 e. The van der Waals surface area contributed by atoms with E-state index in [1.165, 1.54) is 41.5 Å². The molecule has 27 heavy (non-hydrogen) atoms. The van der Waals surface area contributed by atoms with E-state index < -0.39 is 0 Å². The van der Waals surface area contributed by atoms with Crippen LogP contribution in [-0.2, 0) is 12.8 Å². The van der Waals surface area contributed by atoms with Gasteiger partial charge in [0.2, 0.25) is 5.89 Å². The third-order valence-corrected chi connectivity index (χ3v) is 6.99. The fourth-order valence-corrected chi connectivity index (χ4v) is 5.50. The molecule has 1 aliphatic heterocycles. The van der Waals surface area contributed by atoms with E-state index >= 15 is 0 Å². The highest BCUT2D eigenvalue weighted by molar-refractivity contribution is 7.19. The molecule has 0 radical (unpaired) electrons. The molecule has 5 rings (SSSR count). The summed E-state index contributed by atoms with van der Waals surface area (Å²) in [6.45, 7) is 7.82. The van der Waals surface area contributed by atoms with Crippen molar-refractivity contribution in [2.45, 2.75) is 45.6 Å². The summed E-state index contributed by atoms with van der Waals surface area (Å²) in [6.07, 6.45) is 6.68. The molecule has 142 valence electrons. The molecule has 3 aromatic heterocycles. The van der Waals surface area contributed by atoms with Gasteiger partial charge >= 0.3 is 0 Å². The summed E-state index contributed by atoms with van der Waals surface area (Å²) in [6, 6.07) is 0.146. The Balaban J connectivity index is 1.37. The van der Waals surface area contributed by atoms with Crippen molar-refractivity contribution >= 4 is 27.4 Å². The van der Waals surface area contributed by atoms with Crippen LogP contribution in [0.3, 0.4) is 0 Å². The summed E-state index contributed by atoms with van der Waals surface area (Å²) in [4.78, 5) is 21.2. The molecular formula is C19H24N6OS. The van der Waals surface area contributed by atoms with Gasteiger partial charge in [-0.15, -0.1) is 11.3 Å². The average molecular weight is 385 g/mol. The fraction of sp³-hybridized carbons (Fsp3) is 0.579. The Morgan fingerprint density at radius 2 is 1.93 bits per heavy atom. The highest BCUT2D eigenvalue weighted by atomic mass is 32.1. The van der Waals surface area contributed by atoms with Gasteiger partial charge in [0, 0.05) is 31.1 Å². The predicted molar refractivity (Wildman–Crippen MR) is 105 cm³/mol. The van der Waals surface area contributed by atoms with Crippen LogP contribution in [0.2, 0.25) is 0 Å². The number of aryl methyl sites for hydroxylation is 3. The maximum Gasteiger partial charge on any atom is 0.243 e. The molecule has 1 atom stereocenters. The molecule has 0 spiro atoms. The van der Waals surface area contributed by atoms with E-state index in [0.29, 0.717) is 11.7 Å². The number of hydrogen-bond donors (Lipinski definition) is 0. The molecule has 0 N–H and O–H groups in total. The van der Waals surface area contributed by atoms with Gasteiger partial charge in [-0.2, -0.15) is 4.98 Å². The lowest BCUT2D eigenvalue weighted by Crippen LogP contribution is -2.47. The normalized spacial score (nSPS) is 19.4. The van der Waals surface area contributed by atoms with E-state index in [1.807, 2.05) is 18.3 Å². The molecule has 1 fully saturated rings. The van der Waals surface area contributed by atoms with Crippen LogP contribution in [0.1, 0.15) is 48.0 Å². The topological polar surface area (TPSA) is 71.2 Å². The number of anilines is 1. The second-order valence-corrected chi connectivity index (χ2v) is 8.55. The minimum Gasteiger partial charge on any atom is -0.353 e. The van der Waals surface area contributed by atoms with E-state index in [2.05, 4.69) is 31.8 Å². The van der Waals surface area contributed by atoms with E-state index in [9.17, 15) is 0 Å². The van der Waals surface area contributed by atoms with Crippen molar-refractivity contribution in [3.63, 3.8) is 0 Å². The number of fused-ring (bicyclic) bond motifs is 3. The van der Waals surface area contributed by atoms with Crippen molar-refractivity contribution in [3.05, 3.63) is 28.5 Å². The Hall–Kier alpha value is -2.06. The molecule has 3 aromatic rings. The average Bonchev–Trinajstić information content (AvgIpc) is 3.31. The summed E-state index contributed by atoms with van der Waals surface area (Å²) >= 11 is 1.87. The minimum atomic E-state index is 0.146. The summed E-state index contributed by atoms with van der Waals surface area (Å²) in [5.74, 6) is 2.53. The molecule has 2 aliphatic rings. The highest BCUT2D eigenvalue weighted by Crippen LogP contribution is 2.39. The van der Waals surface area contributed by atoms with Crippen molar-refractivity contribution < 1.29 is 4.52 Å². The summed E-state index contributed by atoms with van der Waals surface area (Å²) in [5, 5.41) is 5.24. The second kappa shape index (κ2) is 6.83. The second-order valence-electron chi connectivity index (χ2n) is 7.47. The van der Waals surface area contributed by atoms with Crippen LogP contribution in [-0.4, -0.2) is 51.2 Å². The zero-order chi connectivity index (χ0) is 18.4. The Labute approximate surface area is 162 Å². The molecule has 0 aromatic carbocycles. The van der Waals surface area contributed by atoms with Gasteiger partial charge in [0.05, 0.1) is 11.4 Å². The zero-order valence-electron chi connectivity index (χ0n) is 15.8. The number of hydrogen-bond acceptors (Lipinski definition) is 8.